The molecule has 0 unspecified atom stereocenters. The van der Waals surface area contributed by atoms with Gasteiger partial charge in [-0.05, 0) is 62.4 Å². The lowest BCUT2D eigenvalue weighted by Crippen LogP contribution is -1.99. The third-order valence-corrected chi connectivity index (χ3v) is 4.77. The van der Waals surface area contributed by atoms with Crippen molar-refractivity contribution in [2.75, 3.05) is 7.11 Å². The number of methoxy groups -OCH3 is 1. The number of aryl methyl sites for hydroxylation is 3. The quantitative estimate of drug-likeness (QED) is 0.480. The third-order valence-electron chi connectivity index (χ3n) is 4.77. The van der Waals surface area contributed by atoms with Crippen molar-refractivity contribution in [1.29, 1.82) is 0 Å². The molecule has 0 heterocycles. The summed E-state index contributed by atoms with van der Waals surface area (Å²) in [7, 11) is 1.77. The average Bonchev–Trinajstić information content (AvgIpc) is 3.00. The van der Waals surface area contributed by atoms with Gasteiger partial charge in [0.25, 0.3) is 0 Å². The van der Waals surface area contributed by atoms with Crippen molar-refractivity contribution in [2.24, 2.45) is 0 Å². The highest BCUT2D eigenvalue weighted by Crippen LogP contribution is 2.35. The predicted octanol–water partition coefficient (Wildman–Crippen LogP) is 6.19. The Kier molecular flexibility index (Phi) is 4.94. The monoisotopic (exact) mass is 330 g/mol. The zero-order valence-corrected chi connectivity index (χ0v) is 15.8. The largest absolute Gasteiger partial charge is 0.495 e. The van der Waals surface area contributed by atoms with E-state index in [9.17, 15) is 0 Å². The van der Waals surface area contributed by atoms with Gasteiger partial charge in [-0.3, -0.25) is 0 Å². The van der Waals surface area contributed by atoms with Crippen LogP contribution in [-0.4, -0.2) is 7.11 Å². The van der Waals surface area contributed by atoms with E-state index in [0.29, 0.717) is 0 Å². The summed E-state index contributed by atoms with van der Waals surface area (Å²) in [6, 6.07) is 13.2. The molecule has 1 aliphatic carbocycles. The second-order valence-electron chi connectivity index (χ2n) is 6.81. The van der Waals surface area contributed by atoms with Crippen LogP contribution in [0.5, 0.6) is 0 Å². The number of benzene rings is 2. The van der Waals surface area contributed by atoms with Crippen molar-refractivity contribution >= 4 is 11.8 Å². The first-order chi connectivity index (χ1) is 12.0. The van der Waals surface area contributed by atoms with Gasteiger partial charge in [0.1, 0.15) is 5.76 Å². The van der Waals surface area contributed by atoms with Crippen LogP contribution in [-0.2, 0) is 11.2 Å². The van der Waals surface area contributed by atoms with Crippen molar-refractivity contribution in [1.82, 2.24) is 0 Å². The molecule has 1 nitrogen and oxygen atoms in total. The Hall–Kier alpha value is -2.54. The summed E-state index contributed by atoms with van der Waals surface area (Å²) in [4.78, 5) is 0. The molecule has 0 aromatic heterocycles. The Morgan fingerprint density at radius 1 is 1.00 bits per heavy atom. The molecular formula is C24H26O. The Balaban J connectivity index is 2.14. The average molecular weight is 330 g/mol. The summed E-state index contributed by atoms with van der Waals surface area (Å²) >= 11 is 0. The minimum atomic E-state index is 0.953. The second-order valence-corrected chi connectivity index (χ2v) is 6.81. The maximum atomic E-state index is 5.91. The fourth-order valence-electron chi connectivity index (χ4n) is 3.49. The van der Waals surface area contributed by atoms with Crippen LogP contribution in [0, 0.1) is 20.8 Å². The molecular weight excluding hydrogens is 304 g/mol. The van der Waals surface area contributed by atoms with Gasteiger partial charge in [-0.15, -0.1) is 0 Å². The van der Waals surface area contributed by atoms with E-state index in [0.717, 1.165) is 12.2 Å². The Morgan fingerprint density at radius 3 is 2.44 bits per heavy atom. The first-order valence-corrected chi connectivity index (χ1v) is 8.82. The molecule has 0 aliphatic heterocycles. The van der Waals surface area contributed by atoms with E-state index in [1.54, 1.807) is 7.11 Å². The molecule has 0 saturated carbocycles. The Bertz CT molecular complexity index is 894. The van der Waals surface area contributed by atoms with Gasteiger partial charge >= 0.3 is 0 Å². The number of rotatable bonds is 4. The van der Waals surface area contributed by atoms with Crippen molar-refractivity contribution in [3.8, 4) is 0 Å². The highest BCUT2D eigenvalue weighted by atomic mass is 16.5. The SMILES string of the molecule is C/C=C\C(C1=Cc2ccc(C)cc2C1)=C(/OC)c1cc(C)ccc1C. The smallest absolute Gasteiger partial charge is 0.133 e. The fourth-order valence-corrected chi connectivity index (χ4v) is 3.49. The van der Waals surface area contributed by atoms with E-state index < -0.39 is 0 Å². The first-order valence-electron chi connectivity index (χ1n) is 8.82. The lowest BCUT2D eigenvalue weighted by molar-refractivity contribution is 0.367. The lowest BCUT2D eigenvalue weighted by Gasteiger charge is -2.16. The van der Waals surface area contributed by atoms with Gasteiger partial charge in [0, 0.05) is 11.1 Å². The Labute approximate surface area is 151 Å². The van der Waals surface area contributed by atoms with Crippen molar-refractivity contribution in [2.45, 2.75) is 34.1 Å². The molecule has 1 heteroatoms. The molecule has 25 heavy (non-hydrogen) atoms. The molecule has 0 N–H and O–H groups in total. The van der Waals surface area contributed by atoms with E-state index in [1.165, 1.54) is 44.5 Å². The van der Waals surface area contributed by atoms with Crippen molar-refractivity contribution in [3.63, 3.8) is 0 Å². The number of fused-ring (bicyclic) bond motifs is 1. The van der Waals surface area contributed by atoms with Gasteiger partial charge in [-0.2, -0.15) is 0 Å². The second kappa shape index (κ2) is 7.14. The number of ether oxygens (including phenoxy) is 1. The van der Waals surface area contributed by atoms with Crippen LogP contribution >= 0.6 is 0 Å². The molecule has 2 aromatic rings. The van der Waals surface area contributed by atoms with Gasteiger partial charge < -0.3 is 4.74 Å². The molecule has 0 amide bonds. The van der Waals surface area contributed by atoms with Crippen LogP contribution in [0.3, 0.4) is 0 Å². The molecule has 0 spiro atoms. The molecule has 0 saturated heterocycles. The van der Waals surface area contributed by atoms with Crippen molar-refractivity contribution in [3.05, 3.63) is 93.1 Å². The minimum Gasteiger partial charge on any atom is -0.495 e. The van der Waals surface area contributed by atoms with Crippen LogP contribution in [0.1, 0.15) is 40.3 Å². The highest BCUT2D eigenvalue weighted by molar-refractivity contribution is 5.79. The molecule has 1 aliphatic rings. The fraction of sp³-hybridized carbons (Fsp3) is 0.250. The van der Waals surface area contributed by atoms with Crippen molar-refractivity contribution < 1.29 is 4.74 Å². The molecule has 0 bridgehead atoms. The van der Waals surface area contributed by atoms with Gasteiger partial charge in [0.15, 0.2) is 0 Å². The minimum absolute atomic E-state index is 0.953. The van der Waals surface area contributed by atoms with E-state index in [4.69, 9.17) is 4.74 Å². The topological polar surface area (TPSA) is 9.23 Å². The summed E-state index contributed by atoms with van der Waals surface area (Å²) in [5.41, 5.74) is 10.2. The molecule has 0 radical (unpaired) electrons. The summed E-state index contributed by atoms with van der Waals surface area (Å²) < 4.78 is 5.91. The van der Waals surface area contributed by atoms with E-state index in [1.807, 2.05) is 0 Å². The number of hydrogen-bond donors (Lipinski definition) is 0. The zero-order valence-electron chi connectivity index (χ0n) is 15.8. The predicted molar refractivity (Wildman–Crippen MR) is 108 cm³/mol. The summed E-state index contributed by atoms with van der Waals surface area (Å²) in [5, 5.41) is 0. The van der Waals surface area contributed by atoms with Crippen LogP contribution in [0.2, 0.25) is 0 Å². The van der Waals surface area contributed by atoms with Gasteiger partial charge in [-0.25, -0.2) is 0 Å². The standard InChI is InChI=1S/C24H26O/c1-6-7-22(21-14-19-11-9-16(2)12-20(19)15-21)24(25-5)23-13-17(3)8-10-18(23)4/h6-14H,15H2,1-5H3/b7-6-,24-22+. The summed E-state index contributed by atoms with van der Waals surface area (Å²) in [5.74, 6) is 0.954. The summed E-state index contributed by atoms with van der Waals surface area (Å²) in [6.45, 7) is 8.47. The Morgan fingerprint density at radius 2 is 1.72 bits per heavy atom. The normalized spacial score (nSPS) is 14.4. The molecule has 0 fully saturated rings. The van der Waals surface area contributed by atoms with Gasteiger partial charge in [0.2, 0.25) is 0 Å². The van der Waals surface area contributed by atoms with E-state index in [2.05, 4.69) is 82.3 Å². The molecule has 3 rings (SSSR count). The molecule has 0 atom stereocenters. The lowest BCUT2D eigenvalue weighted by atomic mass is 9.95. The summed E-state index contributed by atoms with van der Waals surface area (Å²) in [6.07, 6.45) is 7.52. The van der Waals surface area contributed by atoms with Crippen LogP contribution in [0.15, 0.2) is 59.7 Å². The van der Waals surface area contributed by atoms with Crippen LogP contribution in [0.4, 0.5) is 0 Å². The molecule has 2 aromatic carbocycles. The maximum Gasteiger partial charge on any atom is 0.133 e. The number of hydrogen-bond acceptors (Lipinski definition) is 1. The molecule has 128 valence electrons. The third kappa shape index (κ3) is 3.46. The van der Waals surface area contributed by atoms with E-state index in [-0.39, 0.29) is 0 Å². The van der Waals surface area contributed by atoms with Crippen LogP contribution < -0.4 is 0 Å². The number of allylic oxidation sites excluding steroid dienone is 4. The first kappa shape index (κ1) is 17.3. The van der Waals surface area contributed by atoms with Gasteiger partial charge in [0.05, 0.1) is 7.11 Å². The van der Waals surface area contributed by atoms with E-state index >= 15 is 0 Å². The maximum absolute atomic E-state index is 5.91. The van der Waals surface area contributed by atoms with Crippen LogP contribution in [0.25, 0.3) is 11.8 Å². The zero-order chi connectivity index (χ0) is 18.0. The van der Waals surface area contributed by atoms with Gasteiger partial charge in [-0.1, -0.05) is 59.7 Å². The highest BCUT2D eigenvalue weighted by Gasteiger charge is 2.20.